The Morgan fingerprint density at radius 1 is 1.47 bits per heavy atom. The van der Waals surface area contributed by atoms with Crippen molar-refractivity contribution in [1.82, 2.24) is 10.3 Å². The quantitative estimate of drug-likeness (QED) is 0.894. The van der Waals surface area contributed by atoms with Crippen LogP contribution in [-0.2, 0) is 6.42 Å². The fourth-order valence-corrected chi connectivity index (χ4v) is 5.45. The summed E-state index contributed by atoms with van der Waals surface area (Å²) in [6.07, 6.45) is 4.60. The lowest BCUT2D eigenvalue weighted by Gasteiger charge is -2.36. The fourth-order valence-electron chi connectivity index (χ4n) is 2.28. The molecule has 0 radical (unpaired) electrons. The first-order valence-corrected chi connectivity index (χ1v) is 8.73. The van der Waals surface area contributed by atoms with E-state index in [0.717, 1.165) is 22.9 Å². The minimum absolute atomic E-state index is 0.457. The van der Waals surface area contributed by atoms with E-state index >= 15 is 0 Å². The summed E-state index contributed by atoms with van der Waals surface area (Å²) in [5, 5.41) is 5.57. The van der Waals surface area contributed by atoms with Crippen LogP contribution in [0.2, 0.25) is 0 Å². The van der Waals surface area contributed by atoms with Gasteiger partial charge in [-0.3, -0.25) is 4.98 Å². The highest BCUT2D eigenvalue weighted by molar-refractivity contribution is 8.07. The van der Waals surface area contributed by atoms with Gasteiger partial charge in [-0.05, 0) is 25.1 Å². The Morgan fingerprint density at radius 3 is 2.89 bits per heavy atom. The van der Waals surface area contributed by atoms with Gasteiger partial charge >= 0.3 is 0 Å². The van der Waals surface area contributed by atoms with Gasteiger partial charge in [0.1, 0.15) is 0 Å². The lowest BCUT2D eigenvalue weighted by atomic mass is 10.0. The molecule has 0 aliphatic carbocycles. The summed E-state index contributed by atoms with van der Waals surface area (Å²) >= 11 is 4.19. The summed E-state index contributed by atoms with van der Waals surface area (Å²) in [5.74, 6) is 1.21. The van der Waals surface area contributed by atoms with Gasteiger partial charge in [-0.15, -0.1) is 0 Å². The first kappa shape index (κ1) is 15.0. The summed E-state index contributed by atoms with van der Waals surface area (Å²) in [6, 6.07) is 2.34. The van der Waals surface area contributed by atoms with Crippen LogP contribution in [0.3, 0.4) is 0 Å². The van der Waals surface area contributed by atoms with E-state index in [4.69, 9.17) is 5.73 Å². The van der Waals surface area contributed by atoms with E-state index in [1.54, 1.807) is 6.20 Å². The number of pyridine rings is 1. The molecule has 1 saturated heterocycles. The normalized spacial score (nSPS) is 29.1. The van der Waals surface area contributed by atoms with Crippen LogP contribution in [0, 0.1) is 0 Å². The fraction of sp³-hybridized carbons (Fsp3) is 0.643. The summed E-state index contributed by atoms with van der Waals surface area (Å²) in [7, 11) is 2.05. The molecule has 1 fully saturated rings. The molecule has 19 heavy (non-hydrogen) atoms. The Hall–Kier alpha value is -0.390. The number of anilines is 1. The van der Waals surface area contributed by atoms with Gasteiger partial charge in [-0.2, -0.15) is 23.5 Å². The van der Waals surface area contributed by atoms with Crippen LogP contribution < -0.4 is 11.1 Å². The predicted octanol–water partition coefficient (Wildman–Crippen LogP) is 2.42. The molecule has 4 unspecified atom stereocenters. The molecule has 4 atom stereocenters. The van der Waals surface area contributed by atoms with Crippen LogP contribution in [0.1, 0.15) is 19.4 Å². The van der Waals surface area contributed by atoms with Crippen LogP contribution in [0.5, 0.6) is 0 Å². The highest BCUT2D eigenvalue weighted by Crippen LogP contribution is 2.37. The zero-order valence-corrected chi connectivity index (χ0v) is 13.4. The number of nitrogens with zero attached hydrogens (tertiary/aromatic N) is 1. The van der Waals surface area contributed by atoms with E-state index in [1.807, 2.05) is 19.3 Å². The Bertz CT molecular complexity index is 413. The molecule has 0 saturated carbocycles. The Labute approximate surface area is 124 Å². The predicted molar refractivity (Wildman–Crippen MR) is 88.0 cm³/mol. The van der Waals surface area contributed by atoms with Crippen molar-refractivity contribution in [2.24, 2.45) is 0 Å². The third-order valence-corrected chi connectivity index (χ3v) is 7.33. The number of nitrogens with two attached hydrogens (primary N) is 1. The molecule has 0 spiro atoms. The lowest BCUT2D eigenvalue weighted by molar-refractivity contribution is 0.554. The van der Waals surface area contributed by atoms with Crippen LogP contribution in [0.4, 0.5) is 5.69 Å². The van der Waals surface area contributed by atoms with Crippen molar-refractivity contribution < 1.29 is 0 Å². The van der Waals surface area contributed by atoms with Crippen molar-refractivity contribution in [2.45, 2.75) is 42.1 Å². The molecule has 106 valence electrons. The average Bonchev–Trinajstić information content (AvgIpc) is 2.41. The van der Waals surface area contributed by atoms with Crippen molar-refractivity contribution in [3.63, 3.8) is 0 Å². The third-order valence-electron chi connectivity index (χ3n) is 3.77. The van der Waals surface area contributed by atoms with Gasteiger partial charge in [0, 0.05) is 45.6 Å². The summed E-state index contributed by atoms with van der Waals surface area (Å²) < 4.78 is 0. The van der Waals surface area contributed by atoms with Gasteiger partial charge in [0.2, 0.25) is 0 Å². The Balaban J connectivity index is 2.02. The van der Waals surface area contributed by atoms with Gasteiger partial charge in [-0.1, -0.05) is 13.8 Å². The molecule has 0 amide bonds. The zero-order chi connectivity index (χ0) is 13.8. The summed E-state index contributed by atoms with van der Waals surface area (Å²) in [6.45, 7) is 4.66. The van der Waals surface area contributed by atoms with Crippen LogP contribution in [0.15, 0.2) is 18.5 Å². The van der Waals surface area contributed by atoms with Gasteiger partial charge in [0.15, 0.2) is 0 Å². The largest absolute Gasteiger partial charge is 0.398 e. The number of hydrogen-bond donors (Lipinski definition) is 2. The van der Waals surface area contributed by atoms with Crippen molar-refractivity contribution in [3.05, 3.63) is 24.0 Å². The van der Waals surface area contributed by atoms with Crippen molar-refractivity contribution in [1.29, 1.82) is 0 Å². The molecule has 2 heterocycles. The van der Waals surface area contributed by atoms with E-state index in [2.05, 4.69) is 47.7 Å². The second kappa shape index (κ2) is 6.86. The maximum Gasteiger partial charge on any atom is 0.0378 e. The minimum Gasteiger partial charge on any atom is -0.398 e. The van der Waals surface area contributed by atoms with Gasteiger partial charge < -0.3 is 11.1 Å². The maximum absolute atomic E-state index is 6.02. The Kier molecular flexibility index (Phi) is 5.42. The van der Waals surface area contributed by atoms with E-state index in [0.29, 0.717) is 16.5 Å². The van der Waals surface area contributed by atoms with Gasteiger partial charge in [0.25, 0.3) is 0 Å². The number of likely N-dealkylation sites (N-methyl/N-ethyl adjacent to an activating group) is 1. The lowest BCUT2D eigenvalue weighted by Crippen LogP contribution is -2.43. The standard InChI is InChI=1S/C14H23N3S2/c1-9-10(2)19-14(8-18-9)13(16-3)6-11-7-17-5-4-12(11)15/h4-5,7,9-10,13-14,16H,6,8H2,1-3H3,(H2,15,17). The number of aromatic nitrogens is 1. The summed E-state index contributed by atoms with van der Waals surface area (Å²) in [4.78, 5) is 4.19. The second-order valence-corrected chi connectivity index (χ2v) is 8.12. The number of nitrogen functional groups attached to an aromatic ring is 1. The monoisotopic (exact) mass is 297 g/mol. The summed E-state index contributed by atoms with van der Waals surface area (Å²) in [5.41, 5.74) is 8.03. The second-order valence-electron chi connectivity index (χ2n) is 5.09. The zero-order valence-electron chi connectivity index (χ0n) is 11.8. The molecule has 2 rings (SSSR count). The number of hydrogen-bond acceptors (Lipinski definition) is 5. The van der Waals surface area contributed by atoms with Crippen molar-refractivity contribution >= 4 is 29.2 Å². The molecule has 0 aromatic carbocycles. The van der Waals surface area contributed by atoms with Crippen LogP contribution >= 0.6 is 23.5 Å². The molecule has 1 aliphatic heterocycles. The topological polar surface area (TPSA) is 50.9 Å². The smallest absolute Gasteiger partial charge is 0.0378 e. The SMILES string of the molecule is CNC(Cc1cnccc1N)C1CSC(C)C(C)S1. The maximum atomic E-state index is 6.02. The number of nitrogens with one attached hydrogen (secondary N) is 1. The highest BCUT2D eigenvalue weighted by atomic mass is 32.2. The van der Waals surface area contributed by atoms with Gasteiger partial charge in [0.05, 0.1) is 0 Å². The number of thioether (sulfide) groups is 2. The first-order chi connectivity index (χ1) is 9.11. The highest BCUT2D eigenvalue weighted by Gasteiger charge is 2.30. The first-order valence-electron chi connectivity index (χ1n) is 6.74. The molecule has 1 aromatic heterocycles. The van der Waals surface area contributed by atoms with Crippen LogP contribution in [-0.4, -0.2) is 39.6 Å². The molecule has 1 aliphatic rings. The molecule has 5 heteroatoms. The van der Waals surface area contributed by atoms with E-state index in [-0.39, 0.29) is 0 Å². The third kappa shape index (κ3) is 3.80. The molecule has 1 aromatic rings. The number of rotatable bonds is 4. The molecular weight excluding hydrogens is 274 g/mol. The minimum atomic E-state index is 0.457. The van der Waals surface area contributed by atoms with Crippen LogP contribution in [0.25, 0.3) is 0 Å². The van der Waals surface area contributed by atoms with E-state index in [1.165, 1.54) is 5.75 Å². The average molecular weight is 297 g/mol. The molecular formula is C14H23N3S2. The van der Waals surface area contributed by atoms with E-state index < -0.39 is 0 Å². The van der Waals surface area contributed by atoms with E-state index in [9.17, 15) is 0 Å². The van der Waals surface area contributed by atoms with Crippen molar-refractivity contribution in [3.8, 4) is 0 Å². The van der Waals surface area contributed by atoms with Gasteiger partial charge in [-0.25, -0.2) is 0 Å². The Morgan fingerprint density at radius 2 is 2.26 bits per heavy atom. The van der Waals surface area contributed by atoms with Crippen molar-refractivity contribution in [2.75, 3.05) is 18.5 Å². The molecule has 3 nitrogen and oxygen atoms in total. The molecule has 3 N–H and O–H groups in total. The molecule has 0 bridgehead atoms.